The van der Waals surface area contributed by atoms with Crippen LogP contribution in [0.3, 0.4) is 0 Å². The molecule has 1 nitrogen and oxygen atoms in total. The molecule has 0 amide bonds. The third-order valence-corrected chi connectivity index (χ3v) is 2.82. The summed E-state index contributed by atoms with van der Waals surface area (Å²) in [6.07, 6.45) is 6.28. The van der Waals surface area contributed by atoms with E-state index in [1.54, 1.807) is 0 Å². The number of fused-ring (bicyclic) bond motifs is 1. The molecular formula is C8H14O. The Hall–Kier alpha value is -0.0400. The molecule has 3 atom stereocenters. The minimum absolute atomic E-state index is 0.628. The van der Waals surface area contributed by atoms with E-state index in [2.05, 4.69) is 0 Å². The van der Waals surface area contributed by atoms with Gasteiger partial charge in [0.05, 0.1) is 6.10 Å². The molecule has 0 saturated heterocycles. The molecule has 2 saturated carbocycles. The van der Waals surface area contributed by atoms with E-state index in [9.17, 15) is 0 Å². The van der Waals surface area contributed by atoms with Crippen molar-refractivity contribution < 1.29 is 4.74 Å². The molecule has 1 heteroatoms. The fourth-order valence-electron chi connectivity index (χ4n) is 2.15. The lowest BCUT2D eigenvalue weighted by Crippen LogP contribution is -2.17. The minimum Gasteiger partial charge on any atom is -0.381 e. The normalized spacial score (nSPS) is 48.3. The maximum absolute atomic E-state index is 5.35. The van der Waals surface area contributed by atoms with E-state index in [0.717, 1.165) is 11.8 Å². The summed E-state index contributed by atoms with van der Waals surface area (Å²) in [4.78, 5) is 0. The highest BCUT2D eigenvalue weighted by Gasteiger charge is 2.45. The predicted octanol–water partition coefficient (Wildman–Crippen LogP) is 1.82. The summed E-state index contributed by atoms with van der Waals surface area (Å²) in [7, 11) is 1.85. The fourth-order valence-corrected chi connectivity index (χ4v) is 2.15. The van der Waals surface area contributed by atoms with Crippen LogP contribution >= 0.6 is 0 Å². The Bertz CT molecular complexity index is 111. The van der Waals surface area contributed by atoms with E-state index in [1.165, 1.54) is 25.7 Å². The highest BCUT2D eigenvalue weighted by Crippen LogP contribution is 2.50. The van der Waals surface area contributed by atoms with Crippen LogP contribution in [0.15, 0.2) is 0 Å². The Labute approximate surface area is 56.4 Å². The quantitative estimate of drug-likeness (QED) is 0.520. The van der Waals surface area contributed by atoms with Crippen molar-refractivity contribution in [2.45, 2.75) is 31.8 Å². The third-order valence-electron chi connectivity index (χ3n) is 2.82. The zero-order valence-electron chi connectivity index (χ0n) is 5.97. The van der Waals surface area contributed by atoms with E-state index in [4.69, 9.17) is 4.74 Å². The molecule has 0 bridgehead atoms. The number of rotatable bonds is 1. The van der Waals surface area contributed by atoms with Crippen LogP contribution < -0.4 is 0 Å². The average Bonchev–Trinajstić information content (AvgIpc) is 2.64. The van der Waals surface area contributed by atoms with Crippen LogP contribution in [0.4, 0.5) is 0 Å². The van der Waals surface area contributed by atoms with Crippen LogP contribution in [0.5, 0.6) is 0 Å². The van der Waals surface area contributed by atoms with Crippen LogP contribution in [-0.4, -0.2) is 13.2 Å². The van der Waals surface area contributed by atoms with Crippen LogP contribution in [0, 0.1) is 11.8 Å². The molecular weight excluding hydrogens is 112 g/mol. The molecule has 2 rings (SSSR count). The van der Waals surface area contributed by atoms with Gasteiger partial charge in [-0.25, -0.2) is 0 Å². The molecule has 2 aliphatic carbocycles. The summed E-state index contributed by atoms with van der Waals surface area (Å²) in [6.45, 7) is 0. The molecule has 0 N–H and O–H groups in total. The highest BCUT2D eigenvalue weighted by atomic mass is 16.5. The summed E-state index contributed by atoms with van der Waals surface area (Å²) < 4.78 is 5.35. The third kappa shape index (κ3) is 0.877. The molecule has 0 heterocycles. The van der Waals surface area contributed by atoms with Gasteiger partial charge in [0.1, 0.15) is 0 Å². The van der Waals surface area contributed by atoms with Gasteiger partial charge in [0.15, 0.2) is 0 Å². The standard InChI is InChI=1S/C8H14O/c1-9-8-4-2-3-6-5-7(6)8/h6-8H,2-5H2,1H3/t6-,7+,8+/m0/s1. The van der Waals surface area contributed by atoms with Crippen LogP contribution in [0.1, 0.15) is 25.7 Å². The molecule has 52 valence electrons. The van der Waals surface area contributed by atoms with Gasteiger partial charge in [-0.05, 0) is 31.1 Å². The van der Waals surface area contributed by atoms with Crippen molar-refractivity contribution in [2.24, 2.45) is 11.8 Å². The molecule has 9 heavy (non-hydrogen) atoms. The van der Waals surface area contributed by atoms with Gasteiger partial charge in [0.2, 0.25) is 0 Å². The number of ether oxygens (including phenoxy) is 1. The van der Waals surface area contributed by atoms with Gasteiger partial charge in [-0.2, -0.15) is 0 Å². The van der Waals surface area contributed by atoms with Gasteiger partial charge in [-0.3, -0.25) is 0 Å². The topological polar surface area (TPSA) is 9.23 Å². The maximum atomic E-state index is 5.35. The van der Waals surface area contributed by atoms with Gasteiger partial charge in [0.25, 0.3) is 0 Å². The van der Waals surface area contributed by atoms with Gasteiger partial charge in [-0.1, -0.05) is 6.42 Å². The van der Waals surface area contributed by atoms with Gasteiger partial charge >= 0.3 is 0 Å². The smallest absolute Gasteiger partial charge is 0.0602 e. The molecule has 2 aliphatic rings. The lowest BCUT2D eigenvalue weighted by Gasteiger charge is -2.18. The first-order chi connectivity index (χ1) is 4.42. The second kappa shape index (κ2) is 1.98. The molecule has 2 fully saturated rings. The van der Waals surface area contributed by atoms with Crippen molar-refractivity contribution in [1.82, 2.24) is 0 Å². The molecule has 0 spiro atoms. The lowest BCUT2D eigenvalue weighted by molar-refractivity contribution is 0.0590. The predicted molar refractivity (Wildman–Crippen MR) is 36.2 cm³/mol. The SMILES string of the molecule is CO[C@@H]1CCC[C@H]2C[C@H]21. The van der Waals surface area contributed by atoms with Crippen molar-refractivity contribution in [3.8, 4) is 0 Å². The monoisotopic (exact) mass is 126 g/mol. The summed E-state index contributed by atoms with van der Waals surface area (Å²) in [6, 6.07) is 0. The largest absolute Gasteiger partial charge is 0.381 e. The van der Waals surface area contributed by atoms with Crippen molar-refractivity contribution in [3.05, 3.63) is 0 Å². The molecule has 0 aliphatic heterocycles. The summed E-state index contributed by atoms with van der Waals surface area (Å²) >= 11 is 0. The summed E-state index contributed by atoms with van der Waals surface area (Å²) in [5, 5.41) is 0. The highest BCUT2D eigenvalue weighted by molar-refractivity contribution is 4.95. The van der Waals surface area contributed by atoms with Crippen molar-refractivity contribution in [2.75, 3.05) is 7.11 Å². The molecule has 0 unspecified atom stereocenters. The molecule has 0 radical (unpaired) electrons. The Morgan fingerprint density at radius 2 is 2.22 bits per heavy atom. The van der Waals surface area contributed by atoms with Crippen LogP contribution in [0.25, 0.3) is 0 Å². The number of methoxy groups -OCH3 is 1. The van der Waals surface area contributed by atoms with E-state index in [-0.39, 0.29) is 0 Å². The first kappa shape index (κ1) is 5.72. The zero-order valence-corrected chi connectivity index (χ0v) is 5.97. The van der Waals surface area contributed by atoms with Crippen molar-refractivity contribution in [1.29, 1.82) is 0 Å². The van der Waals surface area contributed by atoms with E-state index in [1.807, 2.05) is 7.11 Å². The molecule has 0 aromatic rings. The van der Waals surface area contributed by atoms with E-state index in [0.29, 0.717) is 6.10 Å². The molecule has 0 aromatic heterocycles. The van der Waals surface area contributed by atoms with Gasteiger partial charge < -0.3 is 4.74 Å². The average molecular weight is 126 g/mol. The summed E-state index contributed by atoms with van der Waals surface area (Å²) in [5.41, 5.74) is 0. The van der Waals surface area contributed by atoms with Crippen molar-refractivity contribution in [3.63, 3.8) is 0 Å². The molecule has 0 aromatic carbocycles. The van der Waals surface area contributed by atoms with Crippen LogP contribution in [-0.2, 0) is 4.74 Å². The first-order valence-corrected chi connectivity index (χ1v) is 3.94. The van der Waals surface area contributed by atoms with Crippen LogP contribution in [0.2, 0.25) is 0 Å². The minimum atomic E-state index is 0.628. The van der Waals surface area contributed by atoms with Crippen molar-refractivity contribution >= 4 is 0 Å². The Kier molecular flexibility index (Phi) is 1.26. The second-order valence-corrected chi connectivity index (χ2v) is 3.36. The van der Waals surface area contributed by atoms with Gasteiger partial charge in [-0.15, -0.1) is 0 Å². The first-order valence-electron chi connectivity index (χ1n) is 3.94. The Morgan fingerprint density at radius 3 is 2.89 bits per heavy atom. The number of hydrogen-bond donors (Lipinski definition) is 0. The Balaban J connectivity index is 1.93. The number of hydrogen-bond acceptors (Lipinski definition) is 1. The lowest BCUT2D eigenvalue weighted by atomic mass is 9.98. The van der Waals surface area contributed by atoms with E-state index >= 15 is 0 Å². The Morgan fingerprint density at radius 1 is 1.33 bits per heavy atom. The summed E-state index contributed by atoms with van der Waals surface area (Å²) in [5.74, 6) is 2.02. The van der Waals surface area contributed by atoms with E-state index < -0.39 is 0 Å². The van der Waals surface area contributed by atoms with Gasteiger partial charge in [0, 0.05) is 7.11 Å². The fraction of sp³-hybridized carbons (Fsp3) is 1.00. The zero-order chi connectivity index (χ0) is 6.27. The maximum Gasteiger partial charge on any atom is 0.0602 e. The second-order valence-electron chi connectivity index (χ2n) is 3.36.